The number of phenols is 1. The summed E-state index contributed by atoms with van der Waals surface area (Å²) in [7, 11) is 0. The molecule has 1 aromatic heterocycles. The van der Waals surface area contributed by atoms with Crippen LogP contribution in [0.2, 0.25) is 0 Å². The number of hydrogen-bond acceptors (Lipinski definition) is 10. The van der Waals surface area contributed by atoms with E-state index in [1.165, 1.54) is 18.3 Å². The summed E-state index contributed by atoms with van der Waals surface area (Å²) in [6.45, 7) is 0. The van der Waals surface area contributed by atoms with Crippen LogP contribution in [0.1, 0.15) is 5.56 Å². The maximum absolute atomic E-state index is 10.9. The number of anilines is 5. The van der Waals surface area contributed by atoms with Gasteiger partial charge in [0.25, 0.3) is 5.69 Å². The van der Waals surface area contributed by atoms with Gasteiger partial charge in [0.15, 0.2) is 0 Å². The zero-order chi connectivity index (χ0) is 25.6. The summed E-state index contributed by atoms with van der Waals surface area (Å²) in [6, 6.07) is 26.3. The Labute approximate surface area is 210 Å². The number of benzene rings is 4. The van der Waals surface area contributed by atoms with E-state index in [2.05, 4.69) is 36.1 Å². The van der Waals surface area contributed by atoms with Gasteiger partial charge in [0, 0.05) is 29.1 Å². The molecule has 11 nitrogen and oxygen atoms in total. The van der Waals surface area contributed by atoms with E-state index in [0.717, 1.165) is 16.5 Å². The largest absolute Gasteiger partial charge is 0.507 e. The summed E-state index contributed by atoms with van der Waals surface area (Å²) < 4.78 is 0. The molecule has 0 fully saturated rings. The molecule has 4 N–H and O–H groups in total. The molecule has 5 aromatic rings. The van der Waals surface area contributed by atoms with Crippen LogP contribution in [-0.4, -0.2) is 31.2 Å². The van der Waals surface area contributed by atoms with Crippen molar-refractivity contribution in [3.05, 3.63) is 107 Å². The normalized spacial score (nSPS) is 10.9. The fourth-order valence-electron chi connectivity index (χ4n) is 3.56. The number of rotatable bonds is 8. The maximum Gasteiger partial charge on any atom is 0.269 e. The number of aromatic nitrogens is 3. The second-order valence-electron chi connectivity index (χ2n) is 7.82. The van der Waals surface area contributed by atoms with E-state index in [1.54, 1.807) is 18.2 Å². The molecule has 0 amide bonds. The molecule has 5 rings (SSSR count). The lowest BCUT2D eigenvalue weighted by Crippen LogP contribution is -2.07. The number of nitro groups is 1. The topological polar surface area (TPSA) is 150 Å². The van der Waals surface area contributed by atoms with E-state index in [1.807, 2.05) is 60.7 Å². The Hall–Kier alpha value is -5.58. The van der Waals surface area contributed by atoms with Gasteiger partial charge in [-0.3, -0.25) is 10.1 Å². The molecule has 37 heavy (non-hydrogen) atoms. The first-order chi connectivity index (χ1) is 18.0. The van der Waals surface area contributed by atoms with Gasteiger partial charge >= 0.3 is 0 Å². The fraction of sp³-hybridized carbons (Fsp3) is 0. The lowest BCUT2D eigenvalue weighted by Gasteiger charge is -2.10. The third-order valence-corrected chi connectivity index (χ3v) is 5.31. The fourth-order valence-corrected chi connectivity index (χ4v) is 3.56. The number of hydrazone groups is 1. The summed E-state index contributed by atoms with van der Waals surface area (Å²) in [5.41, 5.74) is 4.63. The highest BCUT2D eigenvalue weighted by Crippen LogP contribution is 2.26. The smallest absolute Gasteiger partial charge is 0.269 e. The summed E-state index contributed by atoms with van der Waals surface area (Å²) in [5.74, 6) is 0.657. The highest BCUT2D eigenvalue weighted by atomic mass is 16.6. The summed E-state index contributed by atoms with van der Waals surface area (Å²) in [5, 5.41) is 33.5. The van der Waals surface area contributed by atoms with Gasteiger partial charge in [0.1, 0.15) is 5.75 Å². The van der Waals surface area contributed by atoms with E-state index < -0.39 is 4.92 Å². The second kappa shape index (κ2) is 10.4. The SMILES string of the molecule is O=[N+]([O-])c1ccc(Nc2nc(N/N=C\c3c(O)ccc4ccccc34)nc(Nc3ccccc3)n2)cc1. The zero-order valence-corrected chi connectivity index (χ0v) is 19.2. The van der Waals surface area contributed by atoms with E-state index in [0.29, 0.717) is 11.3 Å². The number of nitro benzene ring substituents is 1. The lowest BCUT2D eigenvalue weighted by molar-refractivity contribution is -0.384. The molecular formula is C26H20N8O3. The van der Waals surface area contributed by atoms with Crippen molar-refractivity contribution in [1.82, 2.24) is 15.0 Å². The van der Waals surface area contributed by atoms with Crippen LogP contribution in [0.3, 0.4) is 0 Å². The van der Waals surface area contributed by atoms with Crippen LogP contribution in [-0.2, 0) is 0 Å². The minimum absolute atomic E-state index is 0.0268. The Morgan fingerprint density at radius 2 is 1.38 bits per heavy atom. The second-order valence-corrected chi connectivity index (χ2v) is 7.82. The molecule has 0 aliphatic rings. The molecule has 0 aliphatic carbocycles. The molecule has 4 aromatic carbocycles. The van der Waals surface area contributed by atoms with E-state index in [-0.39, 0.29) is 29.3 Å². The average Bonchev–Trinajstić information content (AvgIpc) is 2.91. The van der Waals surface area contributed by atoms with Gasteiger partial charge in [0.2, 0.25) is 17.8 Å². The molecule has 0 radical (unpaired) electrons. The van der Waals surface area contributed by atoms with Gasteiger partial charge in [-0.1, -0.05) is 48.5 Å². The molecular weight excluding hydrogens is 472 g/mol. The number of aromatic hydroxyl groups is 1. The van der Waals surface area contributed by atoms with Gasteiger partial charge < -0.3 is 15.7 Å². The van der Waals surface area contributed by atoms with Crippen molar-refractivity contribution in [3.8, 4) is 5.75 Å². The molecule has 182 valence electrons. The van der Waals surface area contributed by atoms with Crippen LogP contribution >= 0.6 is 0 Å². The van der Waals surface area contributed by atoms with Crippen LogP contribution < -0.4 is 16.1 Å². The van der Waals surface area contributed by atoms with Crippen molar-refractivity contribution < 1.29 is 10.0 Å². The van der Waals surface area contributed by atoms with Crippen molar-refractivity contribution in [2.45, 2.75) is 0 Å². The van der Waals surface area contributed by atoms with Crippen molar-refractivity contribution >= 4 is 51.9 Å². The van der Waals surface area contributed by atoms with Crippen molar-refractivity contribution in [2.24, 2.45) is 5.10 Å². The van der Waals surface area contributed by atoms with Crippen LogP contribution in [0.25, 0.3) is 10.8 Å². The maximum atomic E-state index is 10.9. The predicted molar refractivity (Wildman–Crippen MR) is 143 cm³/mol. The van der Waals surface area contributed by atoms with Crippen LogP contribution in [0.4, 0.5) is 34.9 Å². The van der Waals surface area contributed by atoms with Crippen LogP contribution in [0.15, 0.2) is 96.1 Å². The van der Waals surface area contributed by atoms with E-state index in [9.17, 15) is 15.2 Å². The Balaban J connectivity index is 1.43. The molecule has 0 saturated carbocycles. The van der Waals surface area contributed by atoms with Gasteiger partial charge in [-0.2, -0.15) is 20.1 Å². The number of fused-ring (bicyclic) bond motifs is 1. The third-order valence-electron chi connectivity index (χ3n) is 5.31. The van der Waals surface area contributed by atoms with Gasteiger partial charge in [-0.05, 0) is 41.1 Å². The van der Waals surface area contributed by atoms with Crippen molar-refractivity contribution in [2.75, 3.05) is 16.1 Å². The Morgan fingerprint density at radius 1 is 0.757 bits per heavy atom. The van der Waals surface area contributed by atoms with E-state index >= 15 is 0 Å². The summed E-state index contributed by atoms with van der Waals surface area (Å²) in [6.07, 6.45) is 1.50. The summed E-state index contributed by atoms with van der Waals surface area (Å²) >= 11 is 0. The average molecular weight is 492 g/mol. The molecule has 11 heteroatoms. The predicted octanol–water partition coefficient (Wildman–Crippen LogP) is 5.57. The minimum atomic E-state index is -0.470. The van der Waals surface area contributed by atoms with Crippen LogP contribution in [0, 0.1) is 10.1 Å². The van der Waals surface area contributed by atoms with Crippen molar-refractivity contribution in [1.29, 1.82) is 0 Å². The molecule has 1 heterocycles. The molecule has 0 unspecified atom stereocenters. The summed E-state index contributed by atoms with van der Waals surface area (Å²) in [4.78, 5) is 23.6. The first kappa shape index (κ1) is 23.2. The number of para-hydroxylation sites is 1. The van der Waals surface area contributed by atoms with Gasteiger partial charge in [0.05, 0.1) is 11.1 Å². The van der Waals surface area contributed by atoms with Gasteiger partial charge in [-0.15, -0.1) is 0 Å². The lowest BCUT2D eigenvalue weighted by atomic mass is 10.0. The minimum Gasteiger partial charge on any atom is -0.507 e. The highest BCUT2D eigenvalue weighted by Gasteiger charge is 2.10. The molecule has 0 atom stereocenters. The van der Waals surface area contributed by atoms with Crippen LogP contribution in [0.5, 0.6) is 5.75 Å². The number of phenolic OH excluding ortho intramolecular Hbond substituents is 1. The third kappa shape index (κ3) is 5.57. The zero-order valence-electron chi connectivity index (χ0n) is 19.2. The molecule has 0 spiro atoms. The van der Waals surface area contributed by atoms with Gasteiger partial charge in [-0.25, -0.2) is 5.43 Å². The number of hydrogen-bond donors (Lipinski definition) is 4. The molecule has 0 bridgehead atoms. The van der Waals surface area contributed by atoms with E-state index in [4.69, 9.17) is 0 Å². The Bertz CT molecular complexity index is 1590. The van der Waals surface area contributed by atoms with Crippen molar-refractivity contribution in [3.63, 3.8) is 0 Å². The molecule has 0 aliphatic heterocycles. The first-order valence-electron chi connectivity index (χ1n) is 11.1. The first-order valence-corrected chi connectivity index (χ1v) is 11.1. The Kier molecular flexibility index (Phi) is 6.49. The molecule has 0 saturated heterocycles. The number of nitrogens with one attached hydrogen (secondary N) is 3. The highest BCUT2D eigenvalue weighted by molar-refractivity contribution is 6.02. The quantitative estimate of drug-likeness (QED) is 0.124. The monoisotopic (exact) mass is 492 g/mol. The number of non-ortho nitro benzene ring substituents is 1. The standard InChI is InChI=1S/C26H20N8O3/c35-23-15-10-17-6-4-5-9-21(17)22(23)16-27-33-26-31-24(28-18-7-2-1-3-8-18)30-25(32-26)29-19-11-13-20(14-12-19)34(36)37/h1-16,35H,(H3,28,29,30,31,32,33)/b27-16-. The Morgan fingerprint density at radius 3 is 2.08 bits per heavy atom. The number of nitrogens with zero attached hydrogens (tertiary/aromatic N) is 5.